The van der Waals surface area contributed by atoms with E-state index in [1.54, 1.807) is 18.3 Å². The maximum Gasteiger partial charge on any atom is 0.123 e. The van der Waals surface area contributed by atoms with Crippen LogP contribution < -0.4 is 5.73 Å². The molecule has 0 unspecified atom stereocenters. The van der Waals surface area contributed by atoms with Gasteiger partial charge in [-0.3, -0.25) is 4.68 Å². The predicted molar refractivity (Wildman–Crippen MR) is 81.1 cm³/mol. The summed E-state index contributed by atoms with van der Waals surface area (Å²) in [5.74, 6) is -0.231. The molecule has 1 heterocycles. The highest BCUT2D eigenvalue weighted by atomic mass is 19.1. The van der Waals surface area contributed by atoms with Crippen LogP contribution in [0.4, 0.5) is 4.39 Å². The Morgan fingerprint density at radius 2 is 1.71 bits per heavy atom. The van der Waals surface area contributed by atoms with Gasteiger partial charge in [0.2, 0.25) is 0 Å². The summed E-state index contributed by atoms with van der Waals surface area (Å²) >= 11 is 0. The van der Waals surface area contributed by atoms with E-state index in [0.29, 0.717) is 13.1 Å². The molecule has 4 heteroatoms. The van der Waals surface area contributed by atoms with Gasteiger partial charge in [0.25, 0.3) is 0 Å². The SMILES string of the molecule is NCc1cnn(Cc2ccc(F)cc2)c1-c1ccccc1. The van der Waals surface area contributed by atoms with Crippen LogP contribution in [0.25, 0.3) is 11.3 Å². The largest absolute Gasteiger partial charge is 0.326 e. The van der Waals surface area contributed by atoms with Crippen LogP contribution in [0.2, 0.25) is 0 Å². The van der Waals surface area contributed by atoms with Crippen LogP contribution in [0.1, 0.15) is 11.1 Å². The fraction of sp³-hybridized carbons (Fsp3) is 0.118. The van der Waals surface area contributed by atoms with Crippen molar-refractivity contribution in [2.45, 2.75) is 13.1 Å². The maximum atomic E-state index is 13.0. The van der Waals surface area contributed by atoms with E-state index in [1.807, 2.05) is 35.0 Å². The van der Waals surface area contributed by atoms with Gasteiger partial charge in [0, 0.05) is 17.7 Å². The molecule has 1 aromatic heterocycles. The lowest BCUT2D eigenvalue weighted by Gasteiger charge is -2.10. The van der Waals surface area contributed by atoms with Crippen molar-refractivity contribution in [3.05, 3.63) is 77.7 Å². The van der Waals surface area contributed by atoms with Gasteiger partial charge >= 0.3 is 0 Å². The normalized spacial score (nSPS) is 10.8. The molecule has 3 nitrogen and oxygen atoms in total. The Hall–Kier alpha value is -2.46. The molecule has 21 heavy (non-hydrogen) atoms. The van der Waals surface area contributed by atoms with Gasteiger partial charge in [-0.15, -0.1) is 0 Å². The van der Waals surface area contributed by atoms with E-state index in [1.165, 1.54) is 12.1 Å². The van der Waals surface area contributed by atoms with Gasteiger partial charge in [-0.1, -0.05) is 42.5 Å². The molecular weight excluding hydrogens is 265 g/mol. The molecule has 106 valence electrons. The highest BCUT2D eigenvalue weighted by Crippen LogP contribution is 2.24. The van der Waals surface area contributed by atoms with E-state index in [9.17, 15) is 4.39 Å². The fourth-order valence-electron chi connectivity index (χ4n) is 2.39. The zero-order valence-corrected chi connectivity index (χ0v) is 11.5. The van der Waals surface area contributed by atoms with Gasteiger partial charge in [0.05, 0.1) is 18.4 Å². The molecule has 3 rings (SSSR count). The first-order valence-electron chi connectivity index (χ1n) is 6.82. The van der Waals surface area contributed by atoms with E-state index >= 15 is 0 Å². The molecule has 0 aliphatic carbocycles. The molecule has 0 atom stereocenters. The van der Waals surface area contributed by atoms with Crippen molar-refractivity contribution in [2.24, 2.45) is 5.73 Å². The van der Waals surface area contributed by atoms with Crippen molar-refractivity contribution in [2.75, 3.05) is 0 Å². The Balaban J connectivity index is 1.99. The highest BCUT2D eigenvalue weighted by Gasteiger charge is 2.12. The first kappa shape index (κ1) is 13.5. The second-order valence-electron chi connectivity index (χ2n) is 4.87. The van der Waals surface area contributed by atoms with Crippen LogP contribution in [0.3, 0.4) is 0 Å². The zero-order chi connectivity index (χ0) is 14.7. The standard InChI is InChI=1S/C17H16FN3/c18-16-8-6-13(7-9-16)12-21-17(15(10-19)11-20-21)14-4-2-1-3-5-14/h1-9,11H,10,12,19H2. The molecule has 0 spiro atoms. The van der Waals surface area contributed by atoms with E-state index < -0.39 is 0 Å². The summed E-state index contributed by atoms with van der Waals surface area (Å²) in [4.78, 5) is 0. The topological polar surface area (TPSA) is 43.8 Å². The molecular formula is C17H16FN3. The summed E-state index contributed by atoms with van der Waals surface area (Å²) in [6, 6.07) is 16.5. The van der Waals surface area contributed by atoms with Gasteiger partial charge < -0.3 is 5.73 Å². The van der Waals surface area contributed by atoms with Gasteiger partial charge in [0.1, 0.15) is 5.82 Å². The lowest BCUT2D eigenvalue weighted by Crippen LogP contribution is -2.05. The lowest BCUT2D eigenvalue weighted by molar-refractivity contribution is 0.624. The van der Waals surface area contributed by atoms with Crippen molar-refractivity contribution < 1.29 is 4.39 Å². The number of hydrogen-bond donors (Lipinski definition) is 1. The van der Waals surface area contributed by atoms with Crippen LogP contribution >= 0.6 is 0 Å². The van der Waals surface area contributed by atoms with E-state index in [2.05, 4.69) is 5.10 Å². The average Bonchev–Trinajstić information content (AvgIpc) is 2.93. The summed E-state index contributed by atoms with van der Waals surface area (Å²) in [5, 5.41) is 4.42. The van der Waals surface area contributed by atoms with Gasteiger partial charge in [-0.2, -0.15) is 5.10 Å². The van der Waals surface area contributed by atoms with Crippen molar-refractivity contribution >= 4 is 0 Å². The summed E-state index contributed by atoms with van der Waals surface area (Å²) in [7, 11) is 0. The Kier molecular flexibility index (Phi) is 3.79. The first-order chi connectivity index (χ1) is 10.3. The van der Waals surface area contributed by atoms with Gasteiger partial charge in [-0.25, -0.2) is 4.39 Å². The molecule has 0 amide bonds. The number of hydrogen-bond acceptors (Lipinski definition) is 2. The molecule has 3 aromatic rings. The molecule has 0 aliphatic rings. The molecule has 0 saturated heterocycles. The van der Waals surface area contributed by atoms with Crippen molar-refractivity contribution in [1.82, 2.24) is 9.78 Å². The Morgan fingerprint density at radius 1 is 1.00 bits per heavy atom. The van der Waals surface area contributed by atoms with Crippen molar-refractivity contribution in [1.29, 1.82) is 0 Å². The quantitative estimate of drug-likeness (QED) is 0.798. The maximum absolute atomic E-state index is 13.0. The number of nitrogens with two attached hydrogens (primary N) is 1. The molecule has 2 aromatic carbocycles. The Morgan fingerprint density at radius 3 is 2.38 bits per heavy atom. The second kappa shape index (κ2) is 5.89. The summed E-state index contributed by atoms with van der Waals surface area (Å²) in [6.45, 7) is 1.03. The van der Waals surface area contributed by atoms with Crippen LogP contribution in [-0.4, -0.2) is 9.78 Å². The minimum atomic E-state index is -0.231. The number of aromatic nitrogens is 2. The number of nitrogens with zero attached hydrogens (tertiary/aromatic N) is 2. The van der Waals surface area contributed by atoms with Crippen LogP contribution in [0.5, 0.6) is 0 Å². The first-order valence-corrected chi connectivity index (χ1v) is 6.82. The molecule has 0 fully saturated rings. The molecule has 0 radical (unpaired) electrons. The van der Waals surface area contributed by atoms with E-state index in [4.69, 9.17) is 5.73 Å². The summed E-state index contributed by atoms with van der Waals surface area (Å²) in [5.41, 5.74) is 9.91. The predicted octanol–water partition coefficient (Wildman–Crippen LogP) is 3.20. The molecule has 0 saturated carbocycles. The lowest BCUT2D eigenvalue weighted by atomic mass is 10.1. The van der Waals surface area contributed by atoms with Crippen molar-refractivity contribution in [3.63, 3.8) is 0 Å². The minimum absolute atomic E-state index is 0.231. The third kappa shape index (κ3) is 2.85. The summed E-state index contributed by atoms with van der Waals surface area (Å²) < 4.78 is 14.9. The zero-order valence-electron chi connectivity index (χ0n) is 11.5. The third-order valence-electron chi connectivity index (χ3n) is 3.43. The number of halogens is 1. The van der Waals surface area contributed by atoms with Crippen LogP contribution in [0, 0.1) is 5.82 Å². The number of benzene rings is 2. The minimum Gasteiger partial charge on any atom is -0.326 e. The van der Waals surface area contributed by atoms with Crippen molar-refractivity contribution in [3.8, 4) is 11.3 Å². The third-order valence-corrected chi connectivity index (χ3v) is 3.43. The van der Waals surface area contributed by atoms with E-state index in [0.717, 1.165) is 22.4 Å². The highest BCUT2D eigenvalue weighted by molar-refractivity contribution is 5.63. The second-order valence-corrected chi connectivity index (χ2v) is 4.87. The smallest absolute Gasteiger partial charge is 0.123 e. The monoisotopic (exact) mass is 281 g/mol. The van der Waals surface area contributed by atoms with Gasteiger partial charge in [-0.05, 0) is 17.7 Å². The average molecular weight is 281 g/mol. The fourth-order valence-corrected chi connectivity index (χ4v) is 2.39. The molecule has 0 aliphatic heterocycles. The van der Waals surface area contributed by atoms with Crippen LogP contribution in [-0.2, 0) is 13.1 Å². The Labute approximate surface area is 122 Å². The van der Waals surface area contributed by atoms with Crippen LogP contribution in [0.15, 0.2) is 60.8 Å². The molecule has 2 N–H and O–H groups in total. The number of rotatable bonds is 4. The Bertz CT molecular complexity index is 718. The summed E-state index contributed by atoms with van der Waals surface area (Å²) in [6.07, 6.45) is 1.80. The van der Waals surface area contributed by atoms with Gasteiger partial charge in [0.15, 0.2) is 0 Å². The molecule has 0 bridgehead atoms. The van der Waals surface area contributed by atoms with E-state index in [-0.39, 0.29) is 5.82 Å².